The maximum Gasteiger partial charge on any atom is 0.0945 e. The Hall–Kier alpha value is -1.36. The van der Waals surface area contributed by atoms with Gasteiger partial charge in [-0.1, -0.05) is 11.6 Å². The molecule has 1 fully saturated rings. The molecule has 0 saturated heterocycles. The van der Waals surface area contributed by atoms with Gasteiger partial charge in [-0.3, -0.25) is 4.98 Å². The van der Waals surface area contributed by atoms with E-state index in [4.69, 9.17) is 16.3 Å². The standard InChI is InChI=1S/C16H19ClN2O2/c17-12-3-4-14-15(5-6-18-16(14)7-12)19-8-13(20)10-21-9-11-1-2-11/h3-7,11,13,20H,1-2,8-10H2,(H,18,19). The molecule has 0 aliphatic heterocycles. The molecule has 1 aromatic heterocycles. The summed E-state index contributed by atoms with van der Waals surface area (Å²) in [5, 5.41) is 14.8. The molecule has 2 N–H and O–H groups in total. The first-order valence-corrected chi connectivity index (χ1v) is 7.64. The van der Waals surface area contributed by atoms with Crippen LogP contribution in [0.4, 0.5) is 5.69 Å². The monoisotopic (exact) mass is 306 g/mol. The fourth-order valence-corrected chi connectivity index (χ4v) is 2.38. The third-order valence-corrected chi connectivity index (χ3v) is 3.83. The summed E-state index contributed by atoms with van der Waals surface area (Å²) in [5.41, 5.74) is 1.78. The molecule has 1 aliphatic rings. The highest BCUT2D eigenvalue weighted by atomic mass is 35.5. The number of hydrogen-bond acceptors (Lipinski definition) is 4. The number of benzene rings is 1. The maximum atomic E-state index is 9.94. The van der Waals surface area contributed by atoms with Crippen molar-refractivity contribution >= 4 is 28.2 Å². The largest absolute Gasteiger partial charge is 0.389 e. The van der Waals surface area contributed by atoms with E-state index < -0.39 is 6.10 Å². The van der Waals surface area contributed by atoms with Crippen molar-refractivity contribution in [2.45, 2.75) is 18.9 Å². The van der Waals surface area contributed by atoms with Gasteiger partial charge in [0.05, 0.1) is 18.2 Å². The number of aromatic nitrogens is 1. The molecule has 0 radical (unpaired) electrons. The summed E-state index contributed by atoms with van der Waals surface area (Å²) in [6.45, 7) is 1.60. The zero-order valence-electron chi connectivity index (χ0n) is 11.8. The van der Waals surface area contributed by atoms with Gasteiger partial charge in [0.2, 0.25) is 0 Å². The number of anilines is 1. The van der Waals surface area contributed by atoms with Gasteiger partial charge in [-0.25, -0.2) is 0 Å². The predicted octanol–water partition coefficient (Wildman–Crippen LogP) is 3.09. The molecule has 0 amide bonds. The minimum Gasteiger partial charge on any atom is -0.389 e. The lowest BCUT2D eigenvalue weighted by Gasteiger charge is -2.14. The van der Waals surface area contributed by atoms with Crippen molar-refractivity contribution in [1.82, 2.24) is 4.98 Å². The van der Waals surface area contributed by atoms with Crippen LogP contribution in [0.3, 0.4) is 0 Å². The van der Waals surface area contributed by atoms with E-state index in [1.807, 2.05) is 24.3 Å². The summed E-state index contributed by atoms with van der Waals surface area (Å²) in [5.74, 6) is 0.721. The Kier molecular flexibility index (Phi) is 4.58. The highest BCUT2D eigenvalue weighted by Gasteiger charge is 2.21. The number of pyridine rings is 1. The number of aliphatic hydroxyl groups is 1. The van der Waals surface area contributed by atoms with Crippen LogP contribution in [0, 0.1) is 5.92 Å². The van der Waals surface area contributed by atoms with Crippen LogP contribution in [0.5, 0.6) is 0 Å². The molecule has 112 valence electrons. The summed E-state index contributed by atoms with van der Waals surface area (Å²) >= 11 is 5.97. The molecule has 1 aromatic carbocycles. The van der Waals surface area contributed by atoms with Gasteiger partial charge in [-0.05, 0) is 43.0 Å². The van der Waals surface area contributed by atoms with E-state index in [9.17, 15) is 5.11 Å². The quantitative estimate of drug-likeness (QED) is 0.825. The molecule has 4 nitrogen and oxygen atoms in total. The molecule has 0 spiro atoms. The zero-order valence-corrected chi connectivity index (χ0v) is 12.5. The minimum absolute atomic E-state index is 0.373. The molecule has 3 rings (SSSR count). The maximum absolute atomic E-state index is 9.94. The van der Waals surface area contributed by atoms with E-state index in [1.54, 1.807) is 6.20 Å². The Bertz CT molecular complexity index is 616. The van der Waals surface area contributed by atoms with Crippen molar-refractivity contribution in [2.75, 3.05) is 25.1 Å². The lowest BCUT2D eigenvalue weighted by molar-refractivity contribution is 0.0386. The van der Waals surface area contributed by atoms with Crippen LogP contribution >= 0.6 is 11.6 Å². The normalized spacial score (nSPS) is 16.1. The average Bonchev–Trinajstić information content (AvgIpc) is 3.29. The van der Waals surface area contributed by atoms with Crippen molar-refractivity contribution in [3.63, 3.8) is 0 Å². The smallest absolute Gasteiger partial charge is 0.0945 e. The van der Waals surface area contributed by atoms with Gasteiger partial charge < -0.3 is 15.2 Å². The fourth-order valence-electron chi connectivity index (χ4n) is 2.22. The Labute approximate surface area is 129 Å². The topological polar surface area (TPSA) is 54.4 Å². The highest BCUT2D eigenvalue weighted by molar-refractivity contribution is 6.31. The number of ether oxygens (including phenoxy) is 1. The molecule has 1 aliphatic carbocycles. The lowest BCUT2D eigenvalue weighted by atomic mass is 10.2. The first-order chi connectivity index (χ1) is 10.2. The van der Waals surface area contributed by atoms with E-state index in [0.717, 1.165) is 29.1 Å². The number of hydrogen-bond donors (Lipinski definition) is 2. The number of nitrogens with one attached hydrogen (secondary N) is 1. The van der Waals surface area contributed by atoms with Crippen molar-refractivity contribution in [3.8, 4) is 0 Å². The molecule has 0 bridgehead atoms. The summed E-state index contributed by atoms with van der Waals surface area (Å²) < 4.78 is 5.49. The summed E-state index contributed by atoms with van der Waals surface area (Å²) in [6, 6.07) is 7.50. The van der Waals surface area contributed by atoms with Gasteiger partial charge in [0, 0.05) is 35.4 Å². The predicted molar refractivity (Wildman–Crippen MR) is 84.8 cm³/mol. The SMILES string of the molecule is OC(CNc1ccnc2cc(Cl)ccc12)COCC1CC1. The first kappa shape index (κ1) is 14.6. The van der Waals surface area contributed by atoms with Crippen LogP contribution in [-0.4, -0.2) is 36.0 Å². The molecule has 1 saturated carbocycles. The van der Waals surface area contributed by atoms with Crippen molar-refractivity contribution in [3.05, 3.63) is 35.5 Å². The van der Waals surface area contributed by atoms with Gasteiger partial charge in [0.1, 0.15) is 0 Å². The van der Waals surface area contributed by atoms with Gasteiger partial charge in [0.25, 0.3) is 0 Å². The van der Waals surface area contributed by atoms with Gasteiger partial charge in [-0.15, -0.1) is 0 Å². The van der Waals surface area contributed by atoms with Crippen LogP contribution in [0.15, 0.2) is 30.5 Å². The van der Waals surface area contributed by atoms with E-state index in [0.29, 0.717) is 18.2 Å². The Morgan fingerprint density at radius 3 is 3.05 bits per heavy atom. The number of fused-ring (bicyclic) bond motifs is 1. The molecular formula is C16H19ClN2O2. The Morgan fingerprint density at radius 2 is 2.24 bits per heavy atom. The number of aliphatic hydroxyl groups excluding tert-OH is 1. The Morgan fingerprint density at radius 1 is 1.38 bits per heavy atom. The molecule has 1 atom stereocenters. The van der Waals surface area contributed by atoms with Crippen LogP contribution in [-0.2, 0) is 4.74 Å². The summed E-state index contributed by atoms with van der Waals surface area (Å²) in [6.07, 6.45) is 3.75. The lowest BCUT2D eigenvalue weighted by Crippen LogP contribution is -2.25. The molecule has 1 heterocycles. The van der Waals surface area contributed by atoms with E-state index in [1.165, 1.54) is 12.8 Å². The molecule has 21 heavy (non-hydrogen) atoms. The first-order valence-electron chi connectivity index (χ1n) is 7.26. The number of rotatable bonds is 7. The van der Waals surface area contributed by atoms with Crippen LogP contribution in [0.1, 0.15) is 12.8 Å². The van der Waals surface area contributed by atoms with Gasteiger partial charge in [0.15, 0.2) is 0 Å². The molecular weight excluding hydrogens is 288 g/mol. The second-order valence-corrected chi connectivity index (χ2v) is 5.97. The van der Waals surface area contributed by atoms with E-state index >= 15 is 0 Å². The summed E-state index contributed by atoms with van der Waals surface area (Å²) in [7, 11) is 0. The number of halogens is 1. The van der Waals surface area contributed by atoms with Crippen molar-refractivity contribution < 1.29 is 9.84 Å². The second-order valence-electron chi connectivity index (χ2n) is 5.54. The number of nitrogens with zero attached hydrogens (tertiary/aromatic N) is 1. The molecule has 5 heteroatoms. The van der Waals surface area contributed by atoms with Gasteiger partial charge >= 0.3 is 0 Å². The Balaban J connectivity index is 1.56. The highest BCUT2D eigenvalue weighted by Crippen LogP contribution is 2.28. The third-order valence-electron chi connectivity index (χ3n) is 3.59. The molecule has 2 aromatic rings. The molecule has 1 unspecified atom stereocenters. The van der Waals surface area contributed by atoms with Crippen LogP contribution in [0.2, 0.25) is 5.02 Å². The summed E-state index contributed by atoms with van der Waals surface area (Å²) in [4.78, 5) is 4.29. The van der Waals surface area contributed by atoms with Crippen molar-refractivity contribution in [2.24, 2.45) is 5.92 Å². The average molecular weight is 307 g/mol. The van der Waals surface area contributed by atoms with Gasteiger partial charge in [-0.2, -0.15) is 0 Å². The zero-order chi connectivity index (χ0) is 14.7. The van der Waals surface area contributed by atoms with E-state index in [2.05, 4.69) is 10.3 Å². The van der Waals surface area contributed by atoms with Crippen LogP contribution in [0.25, 0.3) is 10.9 Å². The van der Waals surface area contributed by atoms with Crippen molar-refractivity contribution in [1.29, 1.82) is 0 Å². The van der Waals surface area contributed by atoms with E-state index in [-0.39, 0.29) is 0 Å². The van der Waals surface area contributed by atoms with Crippen LogP contribution < -0.4 is 5.32 Å². The fraction of sp³-hybridized carbons (Fsp3) is 0.438. The minimum atomic E-state index is -0.515. The third kappa shape index (κ3) is 4.06. The second kappa shape index (κ2) is 6.60.